The topological polar surface area (TPSA) is 80.4 Å². The van der Waals surface area contributed by atoms with Gasteiger partial charge < -0.3 is 19.8 Å². The van der Waals surface area contributed by atoms with E-state index in [4.69, 9.17) is 9.47 Å². The summed E-state index contributed by atoms with van der Waals surface area (Å²) in [5, 5.41) is 2.71. The van der Waals surface area contributed by atoms with Gasteiger partial charge in [-0.1, -0.05) is 0 Å². The maximum absolute atomic E-state index is 12.0. The maximum atomic E-state index is 12.0. The molecule has 0 bridgehead atoms. The second kappa shape index (κ2) is 7.31. The standard InChI is InChI=1S/C17H18N2O4/c1-11-6-17(21)18-10-15(11)19-16(20)5-4-12-7-13(22-2)9-14(8-12)23-3/h4-10H,1-3H3,(H,18,21)(H,19,20)/b5-4-. The van der Waals surface area contributed by atoms with Crippen LogP contribution in [0, 0.1) is 6.92 Å². The van der Waals surface area contributed by atoms with Crippen LogP contribution in [-0.4, -0.2) is 25.1 Å². The Morgan fingerprint density at radius 2 is 1.78 bits per heavy atom. The number of anilines is 1. The first-order valence-electron chi connectivity index (χ1n) is 6.93. The molecule has 2 rings (SSSR count). The highest BCUT2D eigenvalue weighted by Crippen LogP contribution is 2.23. The lowest BCUT2D eigenvalue weighted by molar-refractivity contribution is -0.111. The number of amides is 1. The molecule has 0 radical (unpaired) electrons. The summed E-state index contributed by atoms with van der Waals surface area (Å²) in [7, 11) is 3.13. The van der Waals surface area contributed by atoms with Crippen LogP contribution >= 0.6 is 0 Å². The Kier molecular flexibility index (Phi) is 5.19. The van der Waals surface area contributed by atoms with Crippen LogP contribution in [0.5, 0.6) is 11.5 Å². The molecule has 0 atom stereocenters. The molecular weight excluding hydrogens is 296 g/mol. The zero-order valence-corrected chi connectivity index (χ0v) is 13.2. The second-order valence-electron chi connectivity index (χ2n) is 4.86. The first kappa shape index (κ1) is 16.4. The zero-order chi connectivity index (χ0) is 16.8. The van der Waals surface area contributed by atoms with E-state index in [1.54, 1.807) is 45.4 Å². The predicted molar refractivity (Wildman–Crippen MR) is 89.0 cm³/mol. The van der Waals surface area contributed by atoms with Gasteiger partial charge in [0, 0.05) is 24.4 Å². The second-order valence-corrected chi connectivity index (χ2v) is 4.86. The molecular formula is C17H18N2O4. The molecule has 0 aliphatic rings. The van der Waals surface area contributed by atoms with Crippen LogP contribution < -0.4 is 20.3 Å². The monoisotopic (exact) mass is 314 g/mol. The third-order valence-corrected chi connectivity index (χ3v) is 3.19. The lowest BCUT2D eigenvalue weighted by Gasteiger charge is -2.06. The molecule has 1 heterocycles. The molecule has 6 heteroatoms. The van der Waals surface area contributed by atoms with Gasteiger partial charge in [-0.25, -0.2) is 0 Å². The van der Waals surface area contributed by atoms with Crippen molar-refractivity contribution >= 4 is 17.7 Å². The lowest BCUT2D eigenvalue weighted by Crippen LogP contribution is -2.12. The zero-order valence-electron chi connectivity index (χ0n) is 13.2. The first-order valence-corrected chi connectivity index (χ1v) is 6.93. The molecule has 0 saturated heterocycles. The third-order valence-electron chi connectivity index (χ3n) is 3.19. The number of carbonyl (C=O) groups is 1. The number of rotatable bonds is 5. The molecule has 0 spiro atoms. The van der Waals surface area contributed by atoms with Crippen molar-refractivity contribution in [2.24, 2.45) is 0 Å². The molecule has 2 N–H and O–H groups in total. The van der Waals surface area contributed by atoms with E-state index in [2.05, 4.69) is 10.3 Å². The summed E-state index contributed by atoms with van der Waals surface area (Å²) in [6.07, 6.45) is 4.53. The van der Waals surface area contributed by atoms with Gasteiger partial charge in [-0.3, -0.25) is 9.59 Å². The van der Waals surface area contributed by atoms with Gasteiger partial charge >= 0.3 is 0 Å². The number of carbonyl (C=O) groups excluding carboxylic acids is 1. The highest BCUT2D eigenvalue weighted by molar-refractivity contribution is 6.02. The summed E-state index contributed by atoms with van der Waals surface area (Å²) in [6.45, 7) is 1.75. The summed E-state index contributed by atoms with van der Waals surface area (Å²) in [4.78, 5) is 25.7. The number of benzene rings is 1. The van der Waals surface area contributed by atoms with Crippen molar-refractivity contribution in [2.75, 3.05) is 19.5 Å². The Morgan fingerprint density at radius 1 is 1.13 bits per heavy atom. The molecule has 2 aromatic rings. The summed E-state index contributed by atoms with van der Waals surface area (Å²) >= 11 is 0. The smallest absolute Gasteiger partial charge is 0.248 e. The number of H-pyrrole nitrogens is 1. The molecule has 1 aromatic heterocycles. The quantitative estimate of drug-likeness (QED) is 0.830. The largest absolute Gasteiger partial charge is 0.497 e. The van der Waals surface area contributed by atoms with Crippen LogP contribution in [0.1, 0.15) is 11.1 Å². The van der Waals surface area contributed by atoms with Crippen molar-refractivity contribution in [3.63, 3.8) is 0 Å². The molecule has 1 aromatic carbocycles. The highest BCUT2D eigenvalue weighted by atomic mass is 16.5. The van der Waals surface area contributed by atoms with E-state index in [1.165, 1.54) is 18.3 Å². The fraction of sp³-hybridized carbons (Fsp3) is 0.176. The minimum absolute atomic E-state index is 0.209. The van der Waals surface area contributed by atoms with E-state index in [9.17, 15) is 9.59 Å². The number of methoxy groups -OCH3 is 2. The van der Waals surface area contributed by atoms with E-state index in [1.807, 2.05) is 0 Å². The van der Waals surface area contributed by atoms with Crippen LogP contribution in [0.3, 0.4) is 0 Å². The fourth-order valence-electron chi connectivity index (χ4n) is 1.98. The van der Waals surface area contributed by atoms with Crippen molar-refractivity contribution in [2.45, 2.75) is 6.92 Å². The Bertz CT molecular complexity index is 771. The Labute approximate surface area is 133 Å². The van der Waals surface area contributed by atoms with E-state index in [-0.39, 0.29) is 11.5 Å². The van der Waals surface area contributed by atoms with Gasteiger partial charge in [0.1, 0.15) is 11.5 Å². The van der Waals surface area contributed by atoms with Gasteiger partial charge in [0.05, 0.1) is 19.9 Å². The number of pyridine rings is 1. The van der Waals surface area contributed by atoms with Gasteiger partial charge in [0.25, 0.3) is 0 Å². The number of nitrogens with one attached hydrogen (secondary N) is 2. The molecule has 0 aliphatic heterocycles. The molecule has 120 valence electrons. The number of hydrogen-bond acceptors (Lipinski definition) is 4. The van der Waals surface area contributed by atoms with Crippen molar-refractivity contribution in [3.05, 3.63) is 58.0 Å². The summed E-state index contributed by atoms with van der Waals surface area (Å²) < 4.78 is 10.4. The summed E-state index contributed by atoms with van der Waals surface area (Å²) in [5.41, 5.74) is 1.81. The van der Waals surface area contributed by atoms with Gasteiger partial charge in [-0.2, -0.15) is 0 Å². The van der Waals surface area contributed by atoms with E-state index in [0.29, 0.717) is 22.7 Å². The van der Waals surface area contributed by atoms with Crippen LogP contribution in [-0.2, 0) is 4.79 Å². The van der Waals surface area contributed by atoms with Crippen LogP contribution in [0.15, 0.2) is 41.3 Å². The van der Waals surface area contributed by atoms with Crippen molar-refractivity contribution in [3.8, 4) is 11.5 Å². The predicted octanol–water partition coefficient (Wildman–Crippen LogP) is 2.35. The van der Waals surface area contributed by atoms with Gasteiger partial charge in [-0.05, 0) is 36.3 Å². The normalized spacial score (nSPS) is 10.6. The Hall–Kier alpha value is -3.02. The van der Waals surface area contributed by atoms with Crippen molar-refractivity contribution in [1.82, 2.24) is 4.98 Å². The van der Waals surface area contributed by atoms with Crippen LogP contribution in [0.4, 0.5) is 5.69 Å². The molecule has 0 saturated carbocycles. The first-order chi connectivity index (χ1) is 11.0. The number of hydrogen-bond donors (Lipinski definition) is 2. The molecule has 0 fully saturated rings. The van der Waals surface area contributed by atoms with Crippen LogP contribution in [0.2, 0.25) is 0 Å². The minimum Gasteiger partial charge on any atom is -0.497 e. The summed E-state index contributed by atoms with van der Waals surface area (Å²) in [6, 6.07) is 6.75. The van der Waals surface area contributed by atoms with E-state index < -0.39 is 0 Å². The number of ether oxygens (including phenoxy) is 2. The SMILES string of the molecule is COc1cc(/C=C\C(=O)Nc2c[nH]c(=O)cc2C)cc(OC)c1. The average molecular weight is 314 g/mol. The van der Waals surface area contributed by atoms with E-state index in [0.717, 1.165) is 5.56 Å². The molecule has 0 unspecified atom stereocenters. The van der Waals surface area contributed by atoms with Gasteiger partial charge in [-0.15, -0.1) is 0 Å². The molecule has 6 nitrogen and oxygen atoms in total. The number of aromatic nitrogens is 1. The van der Waals surface area contributed by atoms with E-state index >= 15 is 0 Å². The minimum atomic E-state index is -0.304. The summed E-state index contributed by atoms with van der Waals surface area (Å²) in [5.74, 6) is 0.976. The highest BCUT2D eigenvalue weighted by Gasteiger charge is 2.03. The van der Waals surface area contributed by atoms with Crippen molar-refractivity contribution in [1.29, 1.82) is 0 Å². The van der Waals surface area contributed by atoms with Gasteiger partial charge in [0.2, 0.25) is 11.5 Å². The molecule has 23 heavy (non-hydrogen) atoms. The van der Waals surface area contributed by atoms with Crippen molar-refractivity contribution < 1.29 is 14.3 Å². The Balaban J connectivity index is 2.13. The fourth-order valence-corrected chi connectivity index (χ4v) is 1.98. The van der Waals surface area contributed by atoms with Crippen LogP contribution in [0.25, 0.3) is 6.08 Å². The third kappa shape index (κ3) is 4.47. The Morgan fingerprint density at radius 3 is 2.35 bits per heavy atom. The molecule has 1 amide bonds. The lowest BCUT2D eigenvalue weighted by atomic mass is 10.2. The average Bonchev–Trinajstić information content (AvgIpc) is 2.55. The number of aryl methyl sites for hydroxylation is 1. The molecule has 0 aliphatic carbocycles. The van der Waals surface area contributed by atoms with Gasteiger partial charge in [0.15, 0.2) is 0 Å². The maximum Gasteiger partial charge on any atom is 0.248 e. The number of aromatic amines is 1.